The number of anilines is 3. The summed E-state index contributed by atoms with van der Waals surface area (Å²) < 4.78 is 112. The second-order valence-corrected chi connectivity index (χ2v) is 28.7. The van der Waals surface area contributed by atoms with Gasteiger partial charge in [-0.1, -0.05) is 72.8 Å². The van der Waals surface area contributed by atoms with E-state index in [2.05, 4.69) is 90.3 Å². The van der Waals surface area contributed by atoms with Crippen molar-refractivity contribution in [3.63, 3.8) is 0 Å². The van der Waals surface area contributed by atoms with E-state index in [9.17, 15) is 46.1 Å². The molecule has 0 saturated carbocycles. The third kappa shape index (κ3) is 19.8. The highest BCUT2D eigenvalue weighted by Gasteiger charge is 2.34. The van der Waals surface area contributed by atoms with Crippen LogP contribution in [0.25, 0.3) is 64.0 Å². The maximum atomic E-state index is 13.6. The molecule has 3 unspecified atom stereocenters. The van der Waals surface area contributed by atoms with Gasteiger partial charge in [-0.15, -0.1) is 47.2 Å². The van der Waals surface area contributed by atoms with Crippen molar-refractivity contribution >= 4 is 82.1 Å². The molecule has 0 amide bonds. The Hall–Kier alpha value is -9.69. The average molecular weight is 1540 g/mol. The second-order valence-electron chi connectivity index (χ2n) is 26.2. The quantitative estimate of drug-likeness (QED) is 0.0293. The average Bonchev–Trinajstić information content (AvgIpc) is 1.59. The topological polar surface area (TPSA) is 221 Å². The Morgan fingerprint density at radius 1 is 0.398 bits per heavy atom. The number of nitrogens with one attached hydrogen (secondary N) is 3. The number of benzene rings is 6. The molecular formula is C79H79F7N12O7S3. The molecule has 29 heteroatoms. The van der Waals surface area contributed by atoms with E-state index in [4.69, 9.17) is 24.2 Å². The highest BCUT2D eigenvalue weighted by atomic mass is 32.1. The molecule has 0 radical (unpaired) electrons. The summed E-state index contributed by atoms with van der Waals surface area (Å²) in [5.74, 6) is 0.392. The lowest BCUT2D eigenvalue weighted by Crippen LogP contribution is -2.47. The maximum absolute atomic E-state index is 13.6. The van der Waals surface area contributed by atoms with Crippen LogP contribution in [0.3, 0.4) is 0 Å². The number of thiophene rings is 3. The molecule has 6 aromatic carbocycles. The van der Waals surface area contributed by atoms with E-state index in [1.54, 1.807) is 59.6 Å². The number of ether oxygens (including phenoxy) is 4. The molecule has 9 heterocycles. The standard InChI is InChI=1S/C27H27F3N4O3S.C26H25F3N4O2S.C26H27FN4O2S/c28-27(29,30)37-22-8-6-21(7-9-22)36-15-20(35)14-34(19-10-12-31-13-11-19)25-24-23(18-4-2-1-3-5-18)16-38-26(24)33-17-32-25;27-17-3-1-16(2-4-17)21-14-36-26-24(21)25(31-15-32-26)33(18-7-9-30-10-8-18)12-19(34)13-35-20-5-6-22(28)23(29)11-20;27-19-6-8-22(9-7-19)33-15-21(32)14-31(20-10-12-28-13-11-20)25-24-23(18-4-2-1-3-5-18)16-34-26(24)30-17-29-25/h1-9,16-17,19-20,31,35H,10-15H2;1-6,11,14-15,18-19,30,34H,7-10,12-13H2;1-9,16-17,20-21,28,32H,10-15H2. The largest absolute Gasteiger partial charge is 0.573 e. The minimum atomic E-state index is -4.76. The molecule has 3 atom stereocenters. The molecule has 0 spiro atoms. The Morgan fingerprint density at radius 2 is 0.722 bits per heavy atom. The number of alkyl halides is 3. The van der Waals surface area contributed by atoms with Gasteiger partial charge in [-0.2, -0.15) is 0 Å². The lowest BCUT2D eigenvalue weighted by atomic mass is 10.0. The normalized spacial score (nSPS) is 15.3. The van der Waals surface area contributed by atoms with Gasteiger partial charge in [-0.3, -0.25) is 0 Å². The van der Waals surface area contributed by atoms with E-state index < -0.39 is 36.3 Å². The fourth-order valence-corrected chi connectivity index (χ4v) is 16.3. The number of nitrogens with zero attached hydrogens (tertiary/aromatic N) is 9. The van der Waals surface area contributed by atoms with Gasteiger partial charge in [-0.05, 0) is 167 Å². The van der Waals surface area contributed by atoms with Gasteiger partial charge in [-0.25, -0.2) is 47.5 Å². The van der Waals surface area contributed by atoms with Crippen LogP contribution in [0, 0.1) is 23.3 Å². The number of halogens is 7. The number of aliphatic hydroxyl groups is 3. The number of rotatable bonds is 25. The fourth-order valence-electron chi connectivity index (χ4n) is 13.6. The zero-order valence-corrected chi connectivity index (χ0v) is 60.9. The summed E-state index contributed by atoms with van der Waals surface area (Å²) in [6.07, 6.45) is 2.81. The summed E-state index contributed by atoms with van der Waals surface area (Å²) in [7, 11) is 0. The van der Waals surface area contributed by atoms with Crippen LogP contribution in [0.5, 0.6) is 23.0 Å². The first-order valence-electron chi connectivity index (χ1n) is 35.5. The molecule has 3 aliphatic heterocycles. The minimum Gasteiger partial charge on any atom is -0.491 e. The molecule has 19 nitrogen and oxygen atoms in total. The van der Waals surface area contributed by atoms with Gasteiger partial charge >= 0.3 is 6.36 Å². The van der Waals surface area contributed by atoms with Crippen LogP contribution < -0.4 is 49.6 Å². The monoisotopic (exact) mass is 1540 g/mol. The molecule has 3 fully saturated rings. The van der Waals surface area contributed by atoms with Crippen LogP contribution in [0.4, 0.5) is 48.2 Å². The maximum Gasteiger partial charge on any atom is 0.573 e. The van der Waals surface area contributed by atoms with E-state index in [1.807, 2.05) is 41.8 Å². The minimum absolute atomic E-state index is 0.0374. The first-order chi connectivity index (χ1) is 52.5. The van der Waals surface area contributed by atoms with E-state index in [-0.39, 0.29) is 74.2 Å². The van der Waals surface area contributed by atoms with E-state index in [0.717, 1.165) is 166 Å². The lowest BCUT2D eigenvalue weighted by molar-refractivity contribution is -0.274. The summed E-state index contributed by atoms with van der Waals surface area (Å²) in [6.45, 7) is 6.09. The molecular weight excluding hydrogens is 1460 g/mol. The van der Waals surface area contributed by atoms with Gasteiger partial charge in [0.1, 0.15) is 124 Å². The zero-order chi connectivity index (χ0) is 74.9. The van der Waals surface area contributed by atoms with Crippen LogP contribution in [0.2, 0.25) is 0 Å². The molecule has 6 aromatic heterocycles. The summed E-state index contributed by atoms with van der Waals surface area (Å²) in [5.41, 5.74) is 6.10. The molecule has 12 aromatic rings. The third-order valence-electron chi connectivity index (χ3n) is 18.8. The van der Waals surface area contributed by atoms with Gasteiger partial charge in [0.05, 0.1) is 16.2 Å². The predicted octanol–water partition coefficient (Wildman–Crippen LogP) is 14.5. The van der Waals surface area contributed by atoms with Crippen molar-refractivity contribution in [1.29, 1.82) is 0 Å². The Kier molecular flexibility index (Phi) is 25.8. The molecule has 108 heavy (non-hydrogen) atoms. The molecule has 0 bridgehead atoms. The number of aliphatic hydroxyl groups excluding tert-OH is 3. The van der Waals surface area contributed by atoms with Gasteiger partial charge in [0.25, 0.3) is 0 Å². The molecule has 6 N–H and O–H groups in total. The number of hydrogen-bond donors (Lipinski definition) is 6. The number of hydrogen-bond acceptors (Lipinski definition) is 22. The van der Waals surface area contributed by atoms with Crippen molar-refractivity contribution in [3.05, 3.63) is 210 Å². The molecule has 15 rings (SSSR count). The van der Waals surface area contributed by atoms with Crippen LogP contribution in [-0.4, -0.2) is 167 Å². The molecule has 0 aliphatic carbocycles. The van der Waals surface area contributed by atoms with Gasteiger partial charge in [0.2, 0.25) is 0 Å². The molecule has 3 saturated heterocycles. The van der Waals surface area contributed by atoms with E-state index in [0.29, 0.717) is 23.9 Å². The third-order valence-corrected chi connectivity index (χ3v) is 21.4. The number of fused-ring (bicyclic) bond motifs is 3. The summed E-state index contributed by atoms with van der Waals surface area (Å²) >= 11 is 4.65. The Bertz CT molecular complexity index is 4830. The van der Waals surface area contributed by atoms with Crippen molar-refractivity contribution in [2.24, 2.45) is 0 Å². The van der Waals surface area contributed by atoms with Gasteiger partial charge < -0.3 is 64.9 Å². The van der Waals surface area contributed by atoms with Crippen molar-refractivity contribution < 1.29 is 65.0 Å². The molecule has 3 aliphatic rings. The Morgan fingerprint density at radius 3 is 1.08 bits per heavy atom. The van der Waals surface area contributed by atoms with Crippen molar-refractivity contribution in [3.8, 4) is 56.4 Å². The number of aromatic nitrogens is 6. The van der Waals surface area contributed by atoms with E-state index >= 15 is 0 Å². The smallest absolute Gasteiger partial charge is 0.491 e. The van der Waals surface area contributed by atoms with Crippen molar-refractivity contribution in [1.82, 2.24) is 45.9 Å². The van der Waals surface area contributed by atoms with E-state index in [1.165, 1.54) is 72.3 Å². The first-order valence-corrected chi connectivity index (χ1v) is 38.1. The lowest BCUT2D eigenvalue weighted by Gasteiger charge is -2.37. The van der Waals surface area contributed by atoms with Crippen LogP contribution in [-0.2, 0) is 0 Å². The Balaban J connectivity index is 0.000000143. The SMILES string of the molecule is OC(COc1ccc(F)c(F)c1)CN(c1ncnc2scc(-c3ccc(F)cc3)c12)C1CCNCC1.OC(COc1ccc(F)cc1)CN(c1ncnc2scc(-c3ccccc3)c12)C1CCNCC1.OC(COc1ccc(OC(F)(F)F)cc1)CN(c1ncnc2scc(-c3ccccc3)c12)C1CCNCC1. The van der Waals surface area contributed by atoms with Crippen LogP contribution >= 0.6 is 34.0 Å². The van der Waals surface area contributed by atoms with Gasteiger partial charge in [0.15, 0.2) is 11.6 Å². The van der Waals surface area contributed by atoms with Crippen LogP contribution in [0.1, 0.15) is 38.5 Å². The predicted molar refractivity (Wildman–Crippen MR) is 409 cm³/mol. The van der Waals surface area contributed by atoms with Crippen LogP contribution in [0.15, 0.2) is 187 Å². The fraction of sp³-hybridized carbons (Fsp3) is 0.316. The zero-order valence-electron chi connectivity index (χ0n) is 58.5. The van der Waals surface area contributed by atoms with Crippen molar-refractivity contribution in [2.45, 2.75) is 81.3 Å². The summed E-state index contributed by atoms with van der Waals surface area (Å²) in [6, 6.07) is 41.4. The summed E-state index contributed by atoms with van der Waals surface area (Å²) in [4.78, 5) is 36.6. The highest BCUT2D eigenvalue weighted by molar-refractivity contribution is 7.18. The number of piperidine rings is 3. The van der Waals surface area contributed by atoms with Gasteiger partial charge in [0, 0.05) is 76.7 Å². The highest BCUT2D eigenvalue weighted by Crippen LogP contribution is 2.43. The molecule has 564 valence electrons. The summed E-state index contributed by atoms with van der Waals surface area (Å²) in [5, 5.41) is 52.0. The van der Waals surface area contributed by atoms with Crippen molar-refractivity contribution in [2.75, 3.05) is 93.4 Å². The Labute approximate surface area is 630 Å². The second kappa shape index (κ2) is 36.5. The first kappa shape index (κ1) is 76.5.